The number of piperidine rings is 1. The zero-order chi connectivity index (χ0) is 17.4. The van der Waals surface area contributed by atoms with Crippen molar-refractivity contribution in [3.8, 4) is 5.75 Å². The van der Waals surface area contributed by atoms with Crippen LogP contribution in [0, 0.1) is 0 Å². The molecule has 24 heavy (non-hydrogen) atoms. The molecule has 0 bridgehead atoms. The Labute approximate surface area is 144 Å². The number of carbonyl (C=O) groups is 1. The highest BCUT2D eigenvalue weighted by Crippen LogP contribution is 2.17. The van der Waals surface area contributed by atoms with Gasteiger partial charge in [0.05, 0.1) is 13.2 Å². The summed E-state index contributed by atoms with van der Waals surface area (Å²) in [7, 11) is 1.60. The summed E-state index contributed by atoms with van der Waals surface area (Å²) in [5.74, 6) is 0.740. The van der Waals surface area contributed by atoms with Crippen molar-refractivity contribution in [2.75, 3.05) is 33.3 Å². The number of ether oxygens (including phenoxy) is 1. The van der Waals surface area contributed by atoms with Crippen LogP contribution < -0.4 is 15.4 Å². The lowest BCUT2D eigenvalue weighted by molar-refractivity contribution is 0.151. The van der Waals surface area contributed by atoms with Crippen molar-refractivity contribution in [1.29, 1.82) is 0 Å². The first-order valence-electron chi connectivity index (χ1n) is 8.71. The smallest absolute Gasteiger partial charge is 0.314 e. The Hall–Kier alpha value is -1.79. The molecule has 1 aromatic carbocycles. The van der Waals surface area contributed by atoms with E-state index in [9.17, 15) is 9.90 Å². The van der Waals surface area contributed by atoms with Crippen molar-refractivity contribution < 1.29 is 14.6 Å². The number of benzene rings is 1. The van der Waals surface area contributed by atoms with Crippen LogP contribution in [-0.2, 0) is 0 Å². The maximum atomic E-state index is 11.9. The molecule has 0 aliphatic carbocycles. The van der Waals surface area contributed by atoms with Gasteiger partial charge in [-0.25, -0.2) is 4.79 Å². The Kier molecular flexibility index (Phi) is 7.34. The summed E-state index contributed by atoms with van der Waals surface area (Å²) in [6.07, 6.45) is 2.86. The largest absolute Gasteiger partial charge is 0.497 e. The molecule has 0 aromatic heterocycles. The standard InChI is InChI=1S/C18H29N3O3/c1-3-21-11-5-4-6-15(21)12-19-18(23)20-13-17(22)14-7-9-16(24-2)10-8-14/h7-10,15,17,22H,3-6,11-13H2,1-2H3,(H2,19,20,23)/t15-,17-/m1/s1. The van der Waals surface area contributed by atoms with E-state index in [1.54, 1.807) is 31.4 Å². The van der Waals surface area contributed by atoms with Crippen LogP contribution in [0.25, 0.3) is 0 Å². The molecule has 1 saturated heterocycles. The van der Waals surface area contributed by atoms with Gasteiger partial charge in [-0.2, -0.15) is 0 Å². The number of carbonyl (C=O) groups excluding carboxylic acids is 1. The Bertz CT molecular complexity index is 507. The van der Waals surface area contributed by atoms with E-state index in [0.717, 1.165) is 30.8 Å². The lowest BCUT2D eigenvalue weighted by Crippen LogP contribution is -2.48. The Morgan fingerprint density at radius 2 is 2.08 bits per heavy atom. The number of likely N-dealkylation sites (tertiary alicyclic amines) is 1. The summed E-state index contributed by atoms with van der Waals surface area (Å²) in [5, 5.41) is 15.8. The van der Waals surface area contributed by atoms with Gasteiger partial charge in [0.2, 0.25) is 0 Å². The summed E-state index contributed by atoms with van der Waals surface area (Å²) in [4.78, 5) is 14.4. The van der Waals surface area contributed by atoms with Gasteiger partial charge < -0.3 is 20.5 Å². The van der Waals surface area contributed by atoms with Crippen molar-refractivity contribution in [3.05, 3.63) is 29.8 Å². The molecule has 3 N–H and O–H groups in total. The highest BCUT2D eigenvalue weighted by molar-refractivity contribution is 5.73. The SMILES string of the molecule is CCN1CCCC[C@@H]1CNC(=O)NC[C@@H](O)c1ccc(OC)cc1. The van der Waals surface area contributed by atoms with Gasteiger partial charge in [0.1, 0.15) is 5.75 Å². The average Bonchev–Trinajstić information content (AvgIpc) is 2.64. The molecule has 134 valence electrons. The van der Waals surface area contributed by atoms with Crippen LogP contribution in [0.4, 0.5) is 4.79 Å². The fourth-order valence-electron chi connectivity index (χ4n) is 3.11. The van der Waals surface area contributed by atoms with E-state index in [4.69, 9.17) is 4.74 Å². The number of amides is 2. The third-order valence-corrected chi connectivity index (χ3v) is 4.61. The number of urea groups is 1. The highest BCUT2D eigenvalue weighted by atomic mass is 16.5. The van der Waals surface area contributed by atoms with Crippen LogP contribution in [0.2, 0.25) is 0 Å². The summed E-state index contributed by atoms with van der Waals surface area (Å²) < 4.78 is 5.09. The van der Waals surface area contributed by atoms with Crippen molar-refractivity contribution in [1.82, 2.24) is 15.5 Å². The number of nitrogens with zero attached hydrogens (tertiary/aromatic N) is 1. The lowest BCUT2D eigenvalue weighted by Gasteiger charge is -2.34. The monoisotopic (exact) mass is 335 g/mol. The van der Waals surface area contributed by atoms with E-state index in [1.165, 1.54) is 12.8 Å². The first kappa shape index (κ1) is 18.5. The van der Waals surface area contributed by atoms with Crippen molar-refractivity contribution in [2.24, 2.45) is 0 Å². The van der Waals surface area contributed by atoms with Gasteiger partial charge in [-0.3, -0.25) is 4.90 Å². The maximum Gasteiger partial charge on any atom is 0.314 e. The Morgan fingerprint density at radius 1 is 1.33 bits per heavy atom. The number of aliphatic hydroxyl groups excluding tert-OH is 1. The fraction of sp³-hybridized carbons (Fsp3) is 0.611. The molecular formula is C18H29N3O3. The zero-order valence-electron chi connectivity index (χ0n) is 14.6. The van der Waals surface area contributed by atoms with E-state index in [0.29, 0.717) is 12.6 Å². The number of rotatable bonds is 7. The van der Waals surface area contributed by atoms with Crippen LogP contribution >= 0.6 is 0 Å². The fourth-order valence-corrected chi connectivity index (χ4v) is 3.11. The first-order valence-corrected chi connectivity index (χ1v) is 8.71. The molecule has 6 nitrogen and oxygen atoms in total. The third kappa shape index (κ3) is 5.39. The predicted molar refractivity (Wildman–Crippen MR) is 94.2 cm³/mol. The molecule has 0 unspecified atom stereocenters. The van der Waals surface area contributed by atoms with E-state index in [2.05, 4.69) is 22.5 Å². The van der Waals surface area contributed by atoms with Gasteiger partial charge in [-0.1, -0.05) is 25.5 Å². The molecule has 2 amide bonds. The van der Waals surface area contributed by atoms with E-state index in [-0.39, 0.29) is 12.6 Å². The second-order valence-electron chi connectivity index (χ2n) is 6.16. The van der Waals surface area contributed by atoms with Crippen LogP contribution in [0.1, 0.15) is 37.9 Å². The van der Waals surface area contributed by atoms with Gasteiger partial charge in [-0.05, 0) is 43.6 Å². The number of methoxy groups -OCH3 is 1. The molecule has 0 radical (unpaired) electrons. The molecule has 1 heterocycles. The summed E-state index contributed by atoms with van der Waals surface area (Å²) in [6.45, 7) is 5.12. The van der Waals surface area contributed by atoms with Gasteiger partial charge in [0, 0.05) is 19.1 Å². The Balaban J connectivity index is 1.71. The molecule has 1 aliphatic rings. The molecule has 0 saturated carbocycles. The van der Waals surface area contributed by atoms with Gasteiger partial charge >= 0.3 is 6.03 Å². The molecule has 0 spiro atoms. The van der Waals surface area contributed by atoms with E-state index < -0.39 is 6.10 Å². The highest BCUT2D eigenvalue weighted by Gasteiger charge is 2.21. The number of hydrogen-bond donors (Lipinski definition) is 3. The minimum Gasteiger partial charge on any atom is -0.497 e. The second-order valence-corrected chi connectivity index (χ2v) is 6.16. The first-order chi connectivity index (χ1) is 11.6. The van der Waals surface area contributed by atoms with Crippen molar-refractivity contribution in [3.63, 3.8) is 0 Å². The quantitative estimate of drug-likeness (QED) is 0.711. The van der Waals surface area contributed by atoms with Gasteiger partial charge in [0.15, 0.2) is 0 Å². The number of aliphatic hydroxyl groups is 1. The Morgan fingerprint density at radius 3 is 2.75 bits per heavy atom. The molecule has 1 aliphatic heterocycles. The minimum absolute atomic E-state index is 0.181. The van der Waals surface area contributed by atoms with Gasteiger partial charge in [0.25, 0.3) is 0 Å². The van der Waals surface area contributed by atoms with E-state index in [1.807, 2.05) is 0 Å². The summed E-state index contributed by atoms with van der Waals surface area (Å²) >= 11 is 0. The normalized spacial score (nSPS) is 19.5. The summed E-state index contributed by atoms with van der Waals surface area (Å²) in [6, 6.07) is 7.36. The summed E-state index contributed by atoms with van der Waals surface area (Å²) in [5.41, 5.74) is 0.750. The van der Waals surface area contributed by atoms with Gasteiger partial charge in [-0.15, -0.1) is 0 Å². The lowest BCUT2D eigenvalue weighted by atomic mass is 10.0. The maximum absolute atomic E-state index is 11.9. The molecular weight excluding hydrogens is 306 g/mol. The molecule has 6 heteroatoms. The molecule has 1 fully saturated rings. The van der Waals surface area contributed by atoms with Crippen LogP contribution in [0.3, 0.4) is 0 Å². The number of nitrogens with one attached hydrogen (secondary N) is 2. The molecule has 2 rings (SSSR count). The average molecular weight is 335 g/mol. The van der Waals surface area contributed by atoms with Crippen molar-refractivity contribution in [2.45, 2.75) is 38.3 Å². The third-order valence-electron chi connectivity index (χ3n) is 4.61. The zero-order valence-corrected chi connectivity index (χ0v) is 14.6. The molecule has 1 aromatic rings. The van der Waals surface area contributed by atoms with Crippen molar-refractivity contribution >= 4 is 6.03 Å². The second kappa shape index (κ2) is 9.49. The van der Waals surface area contributed by atoms with Crippen LogP contribution in [-0.4, -0.2) is 55.4 Å². The minimum atomic E-state index is -0.733. The van der Waals surface area contributed by atoms with E-state index >= 15 is 0 Å². The van der Waals surface area contributed by atoms with Crippen LogP contribution in [0.5, 0.6) is 5.75 Å². The van der Waals surface area contributed by atoms with Crippen LogP contribution in [0.15, 0.2) is 24.3 Å². The molecule has 2 atom stereocenters. The number of hydrogen-bond acceptors (Lipinski definition) is 4. The predicted octanol–water partition coefficient (Wildman–Crippen LogP) is 1.90. The number of likely N-dealkylation sites (N-methyl/N-ethyl adjacent to an activating group) is 1. The topological polar surface area (TPSA) is 73.8 Å².